The van der Waals surface area contributed by atoms with Crippen LogP contribution in [0, 0.1) is 0 Å². The van der Waals surface area contributed by atoms with E-state index in [9.17, 15) is 9.90 Å². The predicted octanol–water partition coefficient (Wildman–Crippen LogP) is 2.14. The van der Waals surface area contributed by atoms with Gasteiger partial charge in [0.1, 0.15) is 6.04 Å². The minimum absolute atomic E-state index is 0.215. The van der Waals surface area contributed by atoms with Crippen LogP contribution < -0.4 is 0 Å². The lowest BCUT2D eigenvalue weighted by molar-refractivity contribution is -0.143. The van der Waals surface area contributed by atoms with Crippen molar-refractivity contribution in [2.45, 2.75) is 51.1 Å². The first-order valence-electron chi connectivity index (χ1n) is 8.01. The van der Waals surface area contributed by atoms with Gasteiger partial charge in [0.25, 0.3) is 0 Å². The molecule has 2 saturated heterocycles. The van der Waals surface area contributed by atoms with Crippen molar-refractivity contribution in [3.8, 4) is 0 Å². The van der Waals surface area contributed by atoms with Gasteiger partial charge >= 0.3 is 5.97 Å². The number of carbonyl (C=O) groups is 1. The van der Waals surface area contributed by atoms with Gasteiger partial charge in [-0.2, -0.15) is 11.8 Å². The van der Waals surface area contributed by atoms with Gasteiger partial charge in [-0.15, -0.1) is 0 Å². The highest BCUT2D eigenvalue weighted by Gasteiger charge is 2.36. The van der Waals surface area contributed by atoms with E-state index >= 15 is 0 Å². The van der Waals surface area contributed by atoms with Crippen molar-refractivity contribution in [1.29, 1.82) is 0 Å². The second-order valence-electron chi connectivity index (χ2n) is 5.86. The first-order chi connectivity index (χ1) is 9.72. The molecule has 0 bridgehead atoms. The Morgan fingerprint density at radius 2 is 2.00 bits per heavy atom. The first-order valence-corrected chi connectivity index (χ1v) is 9.16. The van der Waals surface area contributed by atoms with E-state index in [0.717, 1.165) is 45.3 Å². The van der Waals surface area contributed by atoms with Gasteiger partial charge < -0.3 is 10.0 Å². The van der Waals surface area contributed by atoms with Crippen molar-refractivity contribution in [3.63, 3.8) is 0 Å². The molecule has 0 radical (unpaired) electrons. The number of carboxylic acids is 1. The van der Waals surface area contributed by atoms with Gasteiger partial charge in [0, 0.05) is 6.04 Å². The Balaban J connectivity index is 1.70. The van der Waals surface area contributed by atoms with Gasteiger partial charge in [-0.3, -0.25) is 9.69 Å². The van der Waals surface area contributed by atoms with Crippen LogP contribution in [0.25, 0.3) is 0 Å². The largest absolute Gasteiger partial charge is 0.480 e. The molecule has 20 heavy (non-hydrogen) atoms. The molecule has 4 nitrogen and oxygen atoms in total. The Labute approximate surface area is 126 Å². The fraction of sp³-hybridized carbons (Fsp3) is 0.933. The number of hydrogen-bond donors (Lipinski definition) is 1. The van der Waals surface area contributed by atoms with Crippen molar-refractivity contribution in [3.05, 3.63) is 0 Å². The molecule has 0 amide bonds. The standard InChI is InChI=1S/C15H28N2O2S/c1-2-20-12-4-8-16-10-6-13(7-11-16)17-9-3-5-14(17)15(18)19/h13-14H,2-12H2,1H3,(H,18,19). The zero-order valence-corrected chi connectivity index (χ0v) is 13.4. The molecule has 0 aromatic heterocycles. The molecule has 0 aliphatic carbocycles. The monoisotopic (exact) mass is 300 g/mol. The second kappa shape index (κ2) is 8.25. The summed E-state index contributed by atoms with van der Waals surface area (Å²) in [7, 11) is 0. The lowest BCUT2D eigenvalue weighted by atomic mass is 10.0. The average molecular weight is 300 g/mol. The van der Waals surface area contributed by atoms with Crippen LogP contribution in [0.2, 0.25) is 0 Å². The van der Waals surface area contributed by atoms with E-state index in [-0.39, 0.29) is 6.04 Å². The van der Waals surface area contributed by atoms with Crippen LogP contribution in [-0.2, 0) is 4.79 Å². The van der Waals surface area contributed by atoms with Crippen LogP contribution in [0.4, 0.5) is 0 Å². The van der Waals surface area contributed by atoms with Crippen LogP contribution in [0.5, 0.6) is 0 Å². The molecule has 5 heteroatoms. The number of carboxylic acid groups (broad SMARTS) is 1. The lowest BCUT2D eigenvalue weighted by Gasteiger charge is -2.38. The number of rotatable bonds is 7. The maximum absolute atomic E-state index is 11.3. The average Bonchev–Trinajstić information content (AvgIpc) is 2.94. The maximum Gasteiger partial charge on any atom is 0.320 e. The first kappa shape index (κ1) is 16.1. The number of hydrogen-bond acceptors (Lipinski definition) is 4. The topological polar surface area (TPSA) is 43.8 Å². The van der Waals surface area contributed by atoms with E-state index < -0.39 is 5.97 Å². The Morgan fingerprint density at radius 1 is 1.25 bits per heavy atom. The van der Waals surface area contributed by atoms with Crippen molar-refractivity contribution < 1.29 is 9.90 Å². The van der Waals surface area contributed by atoms with Crippen molar-refractivity contribution in [1.82, 2.24) is 9.80 Å². The lowest BCUT2D eigenvalue weighted by Crippen LogP contribution is -2.49. The Kier molecular flexibility index (Phi) is 6.65. The molecular formula is C15H28N2O2S. The molecule has 2 aliphatic rings. The van der Waals surface area contributed by atoms with Crippen LogP contribution in [-0.4, -0.2) is 70.6 Å². The highest BCUT2D eigenvalue weighted by molar-refractivity contribution is 7.99. The van der Waals surface area contributed by atoms with E-state index in [4.69, 9.17) is 0 Å². The number of thioether (sulfide) groups is 1. The molecule has 2 heterocycles. The molecule has 1 atom stereocenters. The fourth-order valence-electron chi connectivity index (χ4n) is 3.50. The van der Waals surface area contributed by atoms with Crippen molar-refractivity contribution >= 4 is 17.7 Å². The highest BCUT2D eigenvalue weighted by Crippen LogP contribution is 2.26. The summed E-state index contributed by atoms with van der Waals surface area (Å²) < 4.78 is 0. The van der Waals surface area contributed by atoms with Crippen LogP contribution in [0.15, 0.2) is 0 Å². The minimum atomic E-state index is -0.624. The molecule has 0 saturated carbocycles. The van der Waals surface area contributed by atoms with Crippen LogP contribution in [0.1, 0.15) is 39.0 Å². The summed E-state index contributed by atoms with van der Waals surface area (Å²) in [6.07, 6.45) is 5.45. The number of piperidine rings is 1. The molecular weight excluding hydrogens is 272 g/mol. The number of aliphatic carboxylic acids is 1. The van der Waals surface area contributed by atoms with Gasteiger partial charge in [0.15, 0.2) is 0 Å². The van der Waals surface area contributed by atoms with E-state index in [2.05, 4.69) is 16.7 Å². The van der Waals surface area contributed by atoms with Gasteiger partial charge in [-0.05, 0) is 69.8 Å². The van der Waals surface area contributed by atoms with E-state index in [1.54, 1.807) is 0 Å². The van der Waals surface area contributed by atoms with Gasteiger partial charge in [0.2, 0.25) is 0 Å². The zero-order valence-electron chi connectivity index (χ0n) is 12.6. The summed E-state index contributed by atoms with van der Waals surface area (Å²) in [5, 5.41) is 9.28. The maximum atomic E-state index is 11.3. The normalized spacial score (nSPS) is 26.1. The third-order valence-electron chi connectivity index (χ3n) is 4.57. The molecule has 1 unspecified atom stereocenters. The third-order valence-corrected chi connectivity index (χ3v) is 5.56. The number of nitrogens with zero attached hydrogens (tertiary/aromatic N) is 2. The molecule has 2 rings (SSSR count). The van der Waals surface area contributed by atoms with Crippen LogP contribution >= 0.6 is 11.8 Å². The van der Waals surface area contributed by atoms with Crippen LogP contribution in [0.3, 0.4) is 0 Å². The van der Waals surface area contributed by atoms with Gasteiger partial charge in [-0.25, -0.2) is 0 Å². The van der Waals surface area contributed by atoms with Gasteiger partial charge in [-0.1, -0.05) is 6.92 Å². The highest BCUT2D eigenvalue weighted by atomic mass is 32.2. The smallest absolute Gasteiger partial charge is 0.320 e. The summed E-state index contributed by atoms with van der Waals surface area (Å²) in [5.74, 6) is 1.86. The molecule has 2 aliphatic heterocycles. The molecule has 0 spiro atoms. The Bertz CT molecular complexity index is 306. The molecule has 1 N–H and O–H groups in total. The number of likely N-dealkylation sites (tertiary alicyclic amines) is 2. The second-order valence-corrected chi connectivity index (χ2v) is 7.25. The Morgan fingerprint density at radius 3 is 2.65 bits per heavy atom. The fourth-order valence-corrected chi connectivity index (χ4v) is 4.12. The minimum Gasteiger partial charge on any atom is -0.480 e. The van der Waals surface area contributed by atoms with Crippen molar-refractivity contribution in [2.24, 2.45) is 0 Å². The van der Waals surface area contributed by atoms with Crippen molar-refractivity contribution in [2.75, 3.05) is 37.7 Å². The molecule has 2 fully saturated rings. The SMILES string of the molecule is CCSCCCN1CCC(N2CCCC2C(=O)O)CC1. The van der Waals surface area contributed by atoms with E-state index in [1.165, 1.54) is 24.5 Å². The summed E-state index contributed by atoms with van der Waals surface area (Å²) in [4.78, 5) is 16.1. The zero-order chi connectivity index (χ0) is 14.4. The molecule has 116 valence electrons. The quantitative estimate of drug-likeness (QED) is 0.730. The van der Waals surface area contributed by atoms with E-state index in [0.29, 0.717) is 6.04 Å². The van der Waals surface area contributed by atoms with E-state index in [1.807, 2.05) is 11.8 Å². The summed E-state index contributed by atoms with van der Waals surface area (Å²) in [6.45, 7) is 6.69. The van der Waals surface area contributed by atoms with Gasteiger partial charge in [0.05, 0.1) is 0 Å². The Hall–Kier alpha value is -0.260. The predicted molar refractivity (Wildman–Crippen MR) is 84.4 cm³/mol. The molecule has 0 aromatic rings. The summed E-state index contributed by atoms with van der Waals surface area (Å²) in [6, 6.07) is 0.285. The molecule has 0 aromatic carbocycles. The summed E-state index contributed by atoms with van der Waals surface area (Å²) in [5.41, 5.74) is 0. The third kappa shape index (κ3) is 4.37. The summed E-state index contributed by atoms with van der Waals surface area (Å²) >= 11 is 2.02.